The fourth-order valence-electron chi connectivity index (χ4n) is 9.20. The second-order valence-corrected chi connectivity index (χ2v) is 14.6. The molecule has 2 aliphatic rings. The summed E-state index contributed by atoms with van der Waals surface area (Å²) in [6.07, 6.45) is 0. The molecule has 50 heavy (non-hydrogen) atoms. The Bertz CT molecular complexity index is 2950. The molecule has 0 aliphatic heterocycles. The average molecular weight is 636 g/mol. The molecule has 11 rings (SSSR count). The van der Waals surface area contributed by atoms with Crippen molar-refractivity contribution in [1.82, 2.24) is 4.57 Å². The van der Waals surface area contributed by atoms with Gasteiger partial charge in [0, 0.05) is 21.9 Å². The highest BCUT2D eigenvalue weighted by Gasteiger charge is 2.38. The summed E-state index contributed by atoms with van der Waals surface area (Å²) in [6.45, 7) is 9.30. The van der Waals surface area contributed by atoms with Crippen LogP contribution in [0.25, 0.3) is 88.0 Å². The van der Waals surface area contributed by atoms with Crippen LogP contribution < -0.4 is 0 Å². The molecule has 1 heterocycles. The van der Waals surface area contributed by atoms with Crippen molar-refractivity contribution in [1.29, 1.82) is 0 Å². The van der Waals surface area contributed by atoms with E-state index in [-0.39, 0.29) is 5.41 Å². The van der Waals surface area contributed by atoms with Crippen LogP contribution in [0.15, 0.2) is 158 Å². The molecule has 2 aliphatic carbocycles. The van der Waals surface area contributed by atoms with Crippen molar-refractivity contribution in [3.8, 4) is 39.1 Å². The van der Waals surface area contributed by atoms with Crippen LogP contribution in [0.2, 0.25) is 0 Å². The SMILES string of the molecule is C=C1c2ccccc2-c2cc3c(cc21)C(C)(C)c1cc2c(cc1-3)c1ccccc1n2-c1ccc(-c2cc3ccccc3c3ccccc23)cc1. The zero-order chi connectivity index (χ0) is 33.3. The van der Waals surface area contributed by atoms with Gasteiger partial charge in [-0.25, -0.2) is 0 Å². The first-order valence-corrected chi connectivity index (χ1v) is 17.5. The normalized spacial score (nSPS) is 14.0. The quantitative estimate of drug-likeness (QED) is 0.167. The molecule has 0 saturated heterocycles. The molecule has 0 atom stereocenters. The lowest BCUT2D eigenvalue weighted by Gasteiger charge is -2.22. The van der Waals surface area contributed by atoms with Crippen molar-refractivity contribution >= 4 is 48.9 Å². The molecule has 0 radical (unpaired) electrons. The van der Waals surface area contributed by atoms with E-state index >= 15 is 0 Å². The van der Waals surface area contributed by atoms with Crippen LogP contribution in [0.1, 0.15) is 36.1 Å². The Labute approximate surface area is 291 Å². The predicted molar refractivity (Wildman–Crippen MR) is 212 cm³/mol. The van der Waals surface area contributed by atoms with Gasteiger partial charge >= 0.3 is 0 Å². The zero-order valence-corrected chi connectivity index (χ0v) is 28.1. The first-order chi connectivity index (χ1) is 24.5. The minimum Gasteiger partial charge on any atom is -0.309 e. The summed E-state index contributed by atoms with van der Waals surface area (Å²) in [4.78, 5) is 0. The van der Waals surface area contributed by atoms with Crippen LogP contribution >= 0.6 is 0 Å². The molecule has 0 bridgehead atoms. The topological polar surface area (TPSA) is 4.93 Å². The second-order valence-electron chi connectivity index (χ2n) is 14.6. The maximum absolute atomic E-state index is 4.53. The van der Waals surface area contributed by atoms with Gasteiger partial charge in [-0.05, 0) is 131 Å². The van der Waals surface area contributed by atoms with E-state index in [0.717, 1.165) is 5.57 Å². The number of benzene rings is 8. The summed E-state index contributed by atoms with van der Waals surface area (Å²) in [6, 6.07) is 56.4. The summed E-state index contributed by atoms with van der Waals surface area (Å²) in [5.41, 5.74) is 17.7. The number of hydrogen-bond acceptors (Lipinski definition) is 0. The largest absolute Gasteiger partial charge is 0.309 e. The summed E-state index contributed by atoms with van der Waals surface area (Å²) >= 11 is 0. The molecule has 1 aromatic heterocycles. The Hall–Kier alpha value is -6.18. The monoisotopic (exact) mass is 635 g/mol. The van der Waals surface area contributed by atoms with Gasteiger partial charge in [0.15, 0.2) is 0 Å². The fourth-order valence-corrected chi connectivity index (χ4v) is 9.20. The number of para-hydroxylation sites is 1. The molecular formula is C49H33N. The number of hydrogen-bond donors (Lipinski definition) is 0. The van der Waals surface area contributed by atoms with Gasteiger partial charge in [-0.3, -0.25) is 0 Å². The van der Waals surface area contributed by atoms with Crippen LogP contribution in [0.4, 0.5) is 0 Å². The van der Waals surface area contributed by atoms with Gasteiger partial charge in [0.1, 0.15) is 0 Å². The van der Waals surface area contributed by atoms with E-state index in [4.69, 9.17) is 0 Å². The lowest BCUT2D eigenvalue weighted by Crippen LogP contribution is -2.15. The van der Waals surface area contributed by atoms with Crippen molar-refractivity contribution in [2.75, 3.05) is 0 Å². The maximum Gasteiger partial charge on any atom is 0.0544 e. The summed E-state index contributed by atoms with van der Waals surface area (Å²) < 4.78 is 2.46. The van der Waals surface area contributed by atoms with Crippen molar-refractivity contribution in [3.63, 3.8) is 0 Å². The third-order valence-corrected chi connectivity index (χ3v) is 11.7. The van der Waals surface area contributed by atoms with E-state index in [1.54, 1.807) is 0 Å². The highest BCUT2D eigenvalue weighted by atomic mass is 15.0. The van der Waals surface area contributed by atoms with Crippen molar-refractivity contribution in [2.24, 2.45) is 0 Å². The molecule has 0 N–H and O–H groups in total. The number of aromatic nitrogens is 1. The van der Waals surface area contributed by atoms with Gasteiger partial charge < -0.3 is 4.57 Å². The Morgan fingerprint density at radius 3 is 1.88 bits per heavy atom. The smallest absolute Gasteiger partial charge is 0.0544 e. The summed E-state index contributed by atoms with van der Waals surface area (Å²) in [5.74, 6) is 0. The molecule has 0 saturated carbocycles. The van der Waals surface area contributed by atoms with E-state index in [1.165, 1.54) is 105 Å². The fraction of sp³-hybridized carbons (Fsp3) is 0.0612. The molecule has 0 spiro atoms. The van der Waals surface area contributed by atoms with Gasteiger partial charge in [0.05, 0.1) is 11.0 Å². The van der Waals surface area contributed by atoms with Crippen molar-refractivity contribution < 1.29 is 0 Å². The van der Waals surface area contributed by atoms with Gasteiger partial charge in [-0.15, -0.1) is 0 Å². The number of fused-ring (bicyclic) bond motifs is 12. The predicted octanol–water partition coefficient (Wildman–Crippen LogP) is 13.1. The van der Waals surface area contributed by atoms with E-state index in [0.29, 0.717) is 0 Å². The maximum atomic E-state index is 4.53. The van der Waals surface area contributed by atoms with Crippen molar-refractivity contribution in [2.45, 2.75) is 19.3 Å². The summed E-state index contributed by atoms with van der Waals surface area (Å²) in [7, 11) is 0. The molecule has 8 aromatic carbocycles. The second kappa shape index (κ2) is 9.71. The molecule has 9 aromatic rings. The third-order valence-electron chi connectivity index (χ3n) is 11.7. The first-order valence-electron chi connectivity index (χ1n) is 17.5. The van der Waals surface area contributed by atoms with Crippen LogP contribution in [0.5, 0.6) is 0 Å². The molecule has 1 heteroatoms. The zero-order valence-electron chi connectivity index (χ0n) is 28.1. The Morgan fingerprint density at radius 2 is 1.06 bits per heavy atom. The van der Waals surface area contributed by atoms with Crippen LogP contribution in [-0.4, -0.2) is 4.57 Å². The molecule has 0 unspecified atom stereocenters. The van der Waals surface area contributed by atoms with Gasteiger partial charge in [-0.2, -0.15) is 0 Å². The minimum atomic E-state index is -0.148. The standard InChI is InChI=1S/C49H33N/c1-29-33-13-6-7-15-35(33)41-25-42-43-26-44-38-18-10-11-19-47(38)50(48(44)28-46(43)49(2,3)45(42)27-39(29)41)32-22-20-30(21-23-32)40-24-31-12-4-5-14-34(31)36-16-8-9-17-37(36)40/h4-28H,1H2,2-3H3. The van der Waals surface area contributed by atoms with E-state index in [1.807, 2.05) is 0 Å². The Kier molecular flexibility index (Phi) is 5.39. The molecule has 0 amide bonds. The average Bonchev–Trinajstić information content (AvgIpc) is 3.72. The number of nitrogens with zero attached hydrogens (tertiary/aromatic N) is 1. The minimum absolute atomic E-state index is 0.148. The van der Waals surface area contributed by atoms with E-state index in [9.17, 15) is 0 Å². The van der Waals surface area contributed by atoms with Crippen LogP contribution in [0, 0.1) is 0 Å². The molecular weight excluding hydrogens is 603 g/mol. The van der Waals surface area contributed by atoms with Crippen LogP contribution in [-0.2, 0) is 5.41 Å². The Balaban J connectivity index is 1.10. The summed E-state index contributed by atoms with van der Waals surface area (Å²) in [5, 5.41) is 7.71. The highest BCUT2D eigenvalue weighted by molar-refractivity contribution is 6.14. The van der Waals surface area contributed by atoms with Gasteiger partial charge in [0.2, 0.25) is 0 Å². The van der Waals surface area contributed by atoms with Gasteiger partial charge in [-0.1, -0.05) is 124 Å². The van der Waals surface area contributed by atoms with Crippen molar-refractivity contribution in [3.05, 3.63) is 180 Å². The van der Waals surface area contributed by atoms with E-state index in [2.05, 4.69) is 177 Å². The highest BCUT2D eigenvalue weighted by Crippen LogP contribution is 2.55. The number of rotatable bonds is 2. The molecule has 234 valence electrons. The lowest BCUT2D eigenvalue weighted by atomic mass is 9.81. The lowest BCUT2D eigenvalue weighted by molar-refractivity contribution is 0.661. The first kappa shape index (κ1) is 27.7. The Morgan fingerprint density at radius 1 is 0.420 bits per heavy atom. The van der Waals surface area contributed by atoms with Crippen LogP contribution in [0.3, 0.4) is 0 Å². The molecule has 0 fully saturated rings. The van der Waals surface area contributed by atoms with E-state index < -0.39 is 0 Å². The van der Waals surface area contributed by atoms with Gasteiger partial charge in [0.25, 0.3) is 0 Å². The molecule has 1 nitrogen and oxygen atoms in total. The third kappa shape index (κ3) is 3.56.